The van der Waals surface area contributed by atoms with Crippen LogP contribution >= 0.6 is 0 Å². The molecule has 0 aliphatic heterocycles. The third kappa shape index (κ3) is 2.55. The molecule has 1 rings (SSSR count). The van der Waals surface area contributed by atoms with Crippen molar-refractivity contribution in [1.82, 2.24) is 4.98 Å². The Hall–Kier alpha value is -2.19. The molecule has 11 heteroatoms. The second-order valence-corrected chi connectivity index (χ2v) is 4.44. The first-order valence-electron chi connectivity index (χ1n) is 4.09. The zero-order valence-electron chi connectivity index (χ0n) is 8.37. The first kappa shape index (κ1) is 13.9. The van der Waals surface area contributed by atoms with E-state index in [2.05, 4.69) is 10.1 Å². The Bertz CT molecular complexity index is 652. The summed E-state index contributed by atoms with van der Waals surface area (Å²) >= 11 is 0. The van der Waals surface area contributed by atoms with Crippen molar-refractivity contribution >= 4 is 15.7 Å². The SMILES string of the molecule is N#Cc1cc([N+](=O)[O-])c(C(F)F)c(S(N)(=O)=O)n1. The molecule has 8 nitrogen and oxygen atoms in total. The molecule has 2 N–H and O–H groups in total. The van der Waals surface area contributed by atoms with Gasteiger partial charge in [-0.2, -0.15) is 5.26 Å². The second-order valence-electron chi connectivity index (χ2n) is 2.96. The van der Waals surface area contributed by atoms with Crippen molar-refractivity contribution in [3.8, 4) is 6.07 Å². The summed E-state index contributed by atoms with van der Waals surface area (Å²) in [6.45, 7) is 0. The van der Waals surface area contributed by atoms with Gasteiger partial charge >= 0.3 is 0 Å². The van der Waals surface area contributed by atoms with Crippen LogP contribution in [0.15, 0.2) is 11.1 Å². The van der Waals surface area contributed by atoms with E-state index in [1.54, 1.807) is 0 Å². The van der Waals surface area contributed by atoms with Crippen molar-refractivity contribution in [1.29, 1.82) is 5.26 Å². The summed E-state index contributed by atoms with van der Waals surface area (Å²) in [5.41, 5.74) is -3.35. The van der Waals surface area contributed by atoms with E-state index in [1.807, 2.05) is 0 Å². The van der Waals surface area contributed by atoms with Gasteiger partial charge in [0.1, 0.15) is 17.3 Å². The van der Waals surface area contributed by atoms with Crippen LogP contribution in [0.3, 0.4) is 0 Å². The maximum Gasteiger partial charge on any atom is 0.284 e. The van der Waals surface area contributed by atoms with Gasteiger partial charge in [-0.15, -0.1) is 0 Å². The van der Waals surface area contributed by atoms with Gasteiger partial charge in [-0.05, 0) is 0 Å². The highest BCUT2D eigenvalue weighted by molar-refractivity contribution is 7.89. The molecule has 18 heavy (non-hydrogen) atoms. The molecule has 96 valence electrons. The van der Waals surface area contributed by atoms with Gasteiger partial charge in [-0.1, -0.05) is 0 Å². The van der Waals surface area contributed by atoms with Crippen LogP contribution < -0.4 is 5.14 Å². The van der Waals surface area contributed by atoms with Gasteiger partial charge in [-0.25, -0.2) is 27.3 Å². The average Bonchev–Trinajstić information content (AvgIpc) is 2.25. The Kier molecular flexibility index (Phi) is 3.54. The van der Waals surface area contributed by atoms with Crippen LogP contribution in [0.4, 0.5) is 14.5 Å². The van der Waals surface area contributed by atoms with Crippen LogP contribution in [0.5, 0.6) is 0 Å². The molecule has 0 unspecified atom stereocenters. The second kappa shape index (κ2) is 4.59. The number of nitriles is 1. The average molecular weight is 278 g/mol. The number of halogens is 2. The predicted octanol–water partition coefficient (Wildman–Crippen LogP) is 0.446. The highest BCUT2D eigenvalue weighted by Gasteiger charge is 2.32. The van der Waals surface area contributed by atoms with E-state index < -0.39 is 43.3 Å². The molecule has 0 saturated carbocycles. The van der Waals surface area contributed by atoms with Crippen LogP contribution in [-0.2, 0) is 10.0 Å². The molecule has 0 saturated heterocycles. The van der Waals surface area contributed by atoms with Crippen LogP contribution in [0.25, 0.3) is 0 Å². The number of aromatic nitrogens is 1. The third-order valence-electron chi connectivity index (χ3n) is 1.80. The summed E-state index contributed by atoms with van der Waals surface area (Å²) in [5, 5.41) is 22.3. The van der Waals surface area contributed by atoms with E-state index in [1.165, 1.54) is 6.07 Å². The number of nitrogens with zero attached hydrogens (tertiary/aromatic N) is 3. The minimum atomic E-state index is -4.71. The molecule has 1 aromatic rings. The van der Waals surface area contributed by atoms with E-state index in [0.717, 1.165) is 0 Å². The Morgan fingerprint density at radius 2 is 2.11 bits per heavy atom. The lowest BCUT2D eigenvalue weighted by Gasteiger charge is -2.06. The minimum absolute atomic E-state index is 0.455. The Morgan fingerprint density at radius 3 is 2.44 bits per heavy atom. The highest BCUT2D eigenvalue weighted by Crippen LogP contribution is 2.33. The molecule has 0 aliphatic carbocycles. The molecule has 0 radical (unpaired) electrons. The van der Waals surface area contributed by atoms with E-state index >= 15 is 0 Å². The number of alkyl halides is 2. The highest BCUT2D eigenvalue weighted by atomic mass is 32.2. The number of nitrogens with two attached hydrogens (primary N) is 1. The van der Waals surface area contributed by atoms with Crippen LogP contribution in [-0.4, -0.2) is 18.3 Å². The fourth-order valence-corrected chi connectivity index (χ4v) is 1.87. The topological polar surface area (TPSA) is 140 Å². The number of nitro groups is 1. The molecule has 0 atom stereocenters. The van der Waals surface area contributed by atoms with Crippen LogP contribution in [0, 0.1) is 21.4 Å². The number of hydrogen-bond donors (Lipinski definition) is 1. The number of pyridine rings is 1. The summed E-state index contributed by atoms with van der Waals surface area (Å²) in [6.07, 6.45) is -3.47. The molecular formula is C7H4F2N4O4S. The smallest absolute Gasteiger partial charge is 0.258 e. The molecule has 1 aromatic heterocycles. The van der Waals surface area contributed by atoms with E-state index in [9.17, 15) is 27.3 Å². The van der Waals surface area contributed by atoms with Crippen molar-refractivity contribution in [2.24, 2.45) is 5.14 Å². The van der Waals surface area contributed by atoms with Crippen LogP contribution in [0.1, 0.15) is 17.7 Å². The monoisotopic (exact) mass is 278 g/mol. The molecule has 1 heterocycles. The summed E-state index contributed by atoms with van der Waals surface area (Å²) in [4.78, 5) is 12.4. The lowest BCUT2D eigenvalue weighted by atomic mass is 10.2. The number of rotatable bonds is 3. The maximum atomic E-state index is 12.7. The lowest BCUT2D eigenvalue weighted by Crippen LogP contribution is -2.18. The molecule has 0 amide bonds. The van der Waals surface area contributed by atoms with Gasteiger partial charge in [0.25, 0.3) is 22.1 Å². The largest absolute Gasteiger partial charge is 0.284 e. The fourth-order valence-electron chi connectivity index (χ4n) is 1.15. The number of sulfonamides is 1. The zero-order valence-corrected chi connectivity index (χ0v) is 9.19. The Balaban J connectivity index is 3.85. The minimum Gasteiger partial charge on any atom is -0.258 e. The molecule has 0 aromatic carbocycles. The van der Waals surface area contributed by atoms with E-state index in [4.69, 9.17) is 5.26 Å². The van der Waals surface area contributed by atoms with Gasteiger partial charge in [0.2, 0.25) is 0 Å². The summed E-state index contributed by atoms with van der Waals surface area (Å²) < 4.78 is 47.4. The quantitative estimate of drug-likeness (QED) is 0.628. The Labute approximate surface area is 98.9 Å². The van der Waals surface area contributed by atoms with E-state index in [-0.39, 0.29) is 0 Å². The normalized spacial score (nSPS) is 11.3. The lowest BCUT2D eigenvalue weighted by molar-refractivity contribution is -0.386. The van der Waals surface area contributed by atoms with Gasteiger partial charge in [-0.3, -0.25) is 10.1 Å². The van der Waals surface area contributed by atoms with Crippen molar-refractivity contribution in [3.05, 3.63) is 27.4 Å². The van der Waals surface area contributed by atoms with Gasteiger partial charge in [0.05, 0.1) is 11.0 Å². The fraction of sp³-hybridized carbons (Fsp3) is 0.143. The molecular weight excluding hydrogens is 274 g/mol. The summed E-state index contributed by atoms with van der Waals surface area (Å²) in [5.74, 6) is 0. The van der Waals surface area contributed by atoms with Crippen molar-refractivity contribution in [2.45, 2.75) is 11.5 Å². The maximum absolute atomic E-state index is 12.7. The van der Waals surface area contributed by atoms with Crippen molar-refractivity contribution in [3.63, 3.8) is 0 Å². The summed E-state index contributed by atoms with van der Waals surface area (Å²) in [6, 6.07) is 1.77. The molecule has 0 bridgehead atoms. The Morgan fingerprint density at radius 1 is 1.56 bits per heavy atom. The predicted molar refractivity (Wildman–Crippen MR) is 51.9 cm³/mol. The van der Waals surface area contributed by atoms with Crippen molar-refractivity contribution in [2.75, 3.05) is 0 Å². The zero-order chi connectivity index (χ0) is 14.1. The van der Waals surface area contributed by atoms with Crippen LogP contribution in [0.2, 0.25) is 0 Å². The molecule has 0 spiro atoms. The van der Waals surface area contributed by atoms with Gasteiger partial charge in [0.15, 0.2) is 5.03 Å². The van der Waals surface area contributed by atoms with Gasteiger partial charge < -0.3 is 0 Å². The summed E-state index contributed by atoms with van der Waals surface area (Å²) in [7, 11) is -4.71. The molecule has 0 fully saturated rings. The number of hydrogen-bond acceptors (Lipinski definition) is 6. The van der Waals surface area contributed by atoms with E-state index in [0.29, 0.717) is 6.07 Å². The first-order valence-corrected chi connectivity index (χ1v) is 5.63. The first-order chi connectivity index (χ1) is 8.18. The molecule has 0 aliphatic rings. The standard InChI is InChI=1S/C7H4F2N4O4S/c8-6(9)5-4(13(14)15)1-3(2-10)12-7(5)18(11,16)17/h1,6H,(H2,11,16,17). The van der Waals surface area contributed by atoms with Gasteiger partial charge in [0, 0.05) is 0 Å². The third-order valence-corrected chi connectivity index (χ3v) is 2.65. The number of primary sulfonamides is 1. The van der Waals surface area contributed by atoms with Crippen molar-refractivity contribution < 1.29 is 22.1 Å².